The van der Waals surface area contributed by atoms with Gasteiger partial charge in [0.05, 0.1) is 24.3 Å². The summed E-state index contributed by atoms with van der Waals surface area (Å²) in [5.74, 6) is -0.134. The molecule has 1 fully saturated rings. The second-order valence-electron chi connectivity index (χ2n) is 6.55. The Kier molecular flexibility index (Phi) is 6.97. The zero-order chi connectivity index (χ0) is 20.7. The summed E-state index contributed by atoms with van der Waals surface area (Å²) in [6.45, 7) is 1.52. The third kappa shape index (κ3) is 5.86. The molecule has 1 amide bonds. The summed E-state index contributed by atoms with van der Waals surface area (Å²) in [4.78, 5) is 12.2. The summed E-state index contributed by atoms with van der Waals surface area (Å²) in [7, 11) is -3.51. The van der Waals surface area contributed by atoms with Crippen molar-refractivity contribution in [2.45, 2.75) is 17.7 Å². The van der Waals surface area contributed by atoms with E-state index < -0.39 is 10.0 Å². The van der Waals surface area contributed by atoms with Crippen LogP contribution in [-0.2, 0) is 26.0 Å². The van der Waals surface area contributed by atoms with Crippen LogP contribution in [0, 0.1) is 0 Å². The number of sulfonamides is 1. The van der Waals surface area contributed by atoms with Crippen LogP contribution in [-0.4, -0.2) is 56.3 Å². The molecule has 2 N–H and O–H groups in total. The lowest BCUT2D eigenvalue weighted by Crippen LogP contribution is -2.40. The lowest BCUT2D eigenvalue weighted by Gasteiger charge is -2.26. The summed E-state index contributed by atoms with van der Waals surface area (Å²) < 4.78 is 31.8. The Morgan fingerprint density at radius 3 is 2.59 bits per heavy atom. The Labute approximate surface area is 169 Å². The minimum absolute atomic E-state index is 0.124. The number of hydrazone groups is 1. The molecule has 0 aliphatic carbocycles. The van der Waals surface area contributed by atoms with E-state index in [2.05, 4.69) is 10.5 Å². The number of amides is 1. The number of phenolic OH excluding ortho intramolecular Hbond substituents is 1. The van der Waals surface area contributed by atoms with Gasteiger partial charge in [0.1, 0.15) is 5.75 Å². The van der Waals surface area contributed by atoms with Crippen LogP contribution >= 0.6 is 0 Å². The maximum Gasteiger partial charge on any atom is 0.243 e. The molecular weight excluding hydrogens is 394 g/mol. The number of nitrogens with zero attached hydrogens (tertiary/aromatic N) is 2. The molecule has 0 bridgehead atoms. The minimum Gasteiger partial charge on any atom is -0.508 e. The molecule has 9 heteroatoms. The molecule has 154 valence electrons. The summed E-state index contributed by atoms with van der Waals surface area (Å²) in [6.07, 6.45) is 2.13. The number of phenols is 1. The Balaban J connectivity index is 1.50. The number of nitrogens with one attached hydrogen (secondary N) is 1. The third-order valence-electron chi connectivity index (χ3n) is 4.44. The molecule has 29 heavy (non-hydrogen) atoms. The van der Waals surface area contributed by atoms with Gasteiger partial charge in [0, 0.05) is 19.5 Å². The van der Waals surface area contributed by atoms with Crippen molar-refractivity contribution in [3.8, 4) is 5.75 Å². The molecule has 0 atom stereocenters. The van der Waals surface area contributed by atoms with Gasteiger partial charge in [0.2, 0.25) is 15.9 Å². The van der Waals surface area contributed by atoms with Crippen molar-refractivity contribution < 1.29 is 23.1 Å². The molecule has 1 saturated heterocycles. The topological polar surface area (TPSA) is 108 Å². The number of hydrogen-bond acceptors (Lipinski definition) is 6. The van der Waals surface area contributed by atoms with Crippen LogP contribution in [0.1, 0.15) is 17.5 Å². The SMILES string of the molecule is O=C(CCc1ccc(S(=O)(=O)N2CCOCC2)cc1)N/N=C\c1cccc(O)c1. The Morgan fingerprint density at radius 1 is 1.17 bits per heavy atom. The molecule has 2 aromatic carbocycles. The van der Waals surface area contributed by atoms with Gasteiger partial charge in [0.25, 0.3) is 0 Å². The second-order valence-corrected chi connectivity index (χ2v) is 8.49. The molecule has 0 aromatic heterocycles. The van der Waals surface area contributed by atoms with E-state index in [1.807, 2.05) is 0 Å². The largest absolute Gasteiger partial charge is 0.508 e. The molecule has 0 saturated carbocycles. The summed E-state index contributed by atoms with van der Waals surface area (Å²) in [5, 5.41) is 13.2. The molecule has 0 radical (unpaired) electrons. The Morgan fingerprint density at radius 2 is 1.90 bits per heavy atom. The van der Waals surface area contributed by atoms with Crippen molar-refractivity contribution in [3.05, 3.63) is 59.7 Å². The predicted molar refractivity (Wildman–Crippen MR) is 108 cm³/mol. The van der Waals surface area contributed by atoms with Crippen molar-refractivity contribution in [3.63, 3.8) is 0 Å². The lowest BCUT2D eigenvalue weighted by molar-refractivity contribution is -0.121. The molecule has 0 spiro atoms. The maximum absolute atomic E-state index is 12.6. The van der Waals surface area contributed by atoms with E-state index in [0.29, 0.717) is 38.3 Å². The van der Waals surface area contributed by atoms with Crippen LogP contribution in [0.2, 0.25) is 0 Å². The van der Waals surface area contributed by atoms with Gasteiger partial charge in [0.15, 0.2) is 0 Å². The number of ether oxygens (including phenoxy) is 1. The van der Waals surface area contributed by atoms with Crippen molar-refractivity contribution in [1.29, 1.82) is 0 Å². The molecular formula is C20H23N3O5S. The van der Waals surface area contributed by atoms with Gasteiger partial charge in [-0.25, -0.2) is 13.8 Å². The van der Waals surface area contributed by atoms with Gasteiger partial charge >= 0.3 is 0 Å². The van der Waals surface area contributed by atoms with E-state index in [0.717, 1.165) is 5.56 Å². The number of morpholine rings is 1. The molecule has 3 rings (SSSR count). The highest BCUT2D eigenvalue weighted by atomic mass is 32.2. The third-order valence-corrected chi connectivity index (χ3v) is 6.36. The summed E-state index contributed by atoms with van der Waals surface area (Å²) >= 11 is 0. The van der Waals surface area contributed by atoms with Crippen LogP contribution in [0.15, 0.2) is 58.5 Å². The van der Waals surface area contributed by atoms with E-state index in [4.69, 9.17) is 4.74 Å². The summed E-state index contributed by atoms with van der Waals surface area (Å²) in [6, 6.07) is 13.1. The van der Waals surface area contributed by atoms with Gasteiger partial charge in [-0.2, -0.15) is 9.41 Å². The van der Waals surface area contributed by atoms with Crippen LogP contribution in [0.5, 0.6) is 5.75 Å². The second kappa shape index (κ2) is 9.64. The quantitative estimate of drug-likeness (QED) is 0.524. The molecule has 8 nitrogen and oxygen atoms in total. The Hall–Kier alpha value is -2.75. The van der Waals surface area contributed by atoms with Crippen molar-refractivity contribution in [2.75, 3.05) is 26.3 Å². The number of carbonyl (C=O) groups is 1. The number of aromatic hydroxyl groups is 1. The number of rotatable bonds is 7. The number of hydrogen-bond donors (Lipinski definition) is 2. The molecule has 0 unspecified atom stereocenters. The van der Waals surface area contributed by atoms with Gasteiger partial charge in [-0.15, -0.1) is 0 Å². The smallest absolute Gasteiger partial charge is 0.243 e. The van der Waals surface area contributed by atoms with Crippen LogP contribution in [0.3, 0.4) is 0 Å². The fourth-order valence-electron chi connectivity index (χ4n) is 2.86. The van der Waals surface area contributed by atoms with E-state index in [1.54, 1.807) is 42.5 Å². The first-order valence-electron chi connectivity index (χ1n) is 9.23. The normalized spacial score (nSPS) is 15.4. The van der Waals surface area contributed by atoms with Crippen LogP contribution in [0.4, 0.5) is 0 Å². The molecule has 1 aliphatic heterocycles. The van der Waals surface area contributed by atoms with Gasteiger partial charge in [-0.3, -0.25) is 4.79 Å². The fraction of sp³-hybridized carbons (Fsp3) is 0.300. The zero-order valence-electron chi connectivity index (χ0n) is 15.8. The van der Waals surface area contributed by atoms with Crippen molar-refractivity contribution in [2.24, 2.45) is 5.10 Å². The average Bonchev–Trinajstić information content (AvgIpc) is 2.73. The highest BCUT2D eigenvalue weighted by Crippen LogP contribution is 2.18. The fourth-order valence-corrected chi connectivity index (χ4v) is 4.27. The Bertz CT molecular complexity index is 968. The minimum atomic E-state index is -3.51. The molecule has 1 heterocycles. The first kappa shape index (κ1) is 21.0. The van der Waals surface area contributed by atoms with Crippen LogP contribution < -0.4 is 5.43 Å². The van der Waals surface area contributed by atoms with E-state index in [1.165, 1.54) is 16.6 Å². The molecule has 1 aliphatic rings. The van der Waals surface area contributed by atoms with Crippen LogP contribution in [0.25, 0.3) is 0 Å². The number of aryl methyl sites for hydroxylation is 1. The first-order valence-corrected chi connectivity index (χ1v) is 10.7. The maximum atomic E-state index is 12.6. The first-order chi connectivity index (χ1) is 13.9. The number of benzene rings is 2. The van der Waals surface area contributed by atoms with Gasteiger partial charge < -0.3 is 9.84 Å². The standard InChI is InChI=1S/C20H23N3O5S/c24-18-3-1-2-17(14-18)15-21-22-20(25)9-6-16-4-7-19(8-5-16)29(26,27)23-10-12-28-13-11-23/h1-5,7-8,14-15,24H,6,9-13H2,(H,22,25)/b21-15-. The van der Waals surface area contributed by atoms with E-state index in [9.17, 15) is 18.3 Å². The zero-order valence-corrected chi connectivity index (χ0v) is 16.6. The van der Waals surface area contributed by atoms with Crippen molar-refractivity contribution in [1.82, 2.24) is 9.73 Å². The highest BCUT2D eigenvalue weighted by Gasteiger charge is 2.26. The molecule has 2 aromatic rings. The van der Waals surface area contributed by atoms with Crippen molar-refractivity contribution >= 4 is 22.1 Å². The highest BCUT2D eigenvalue weighted by molar-refractivity contribution is 7.89. The summed E-state index contributed by atoms with van der Waals surface area (Å²) in [5.41, 5.74) is 3.96. The van der Waals surface area contributed by atoms with Gasteiger partial charge in [-0.1, -0.05) is 24.3 Å². The van der Waals surface area contributed by atoms with E-state index >= 15 is 0 Å². The van der Waals surface area contributed by atoms with Gasteiger partial charge in [-0.05, 0) is 41.8 Å². The average molecular weight is 417 g/mol. The van der Waals surface area contributed by atoms with E-state index in [-0.39, 0.29) is 23.0 Å². The number of carbonyl (C=O) groups excluding carboxylic acids is 1. The predicted octanol–water partition coefficient (Wildman–Crippen LogP) is 1.50. The lowest BCUT2D eigenvalue weighted by atomic mass is 10.1. The monoisotopic (exact) mass is 417 g/mol.